The van der Waals surface area contributed by atoms with Crippen molar-refractivity contribution in [2.75, 3.05) is 33.9 Å². The van der Waals surface area contributed by atoms with Crippen molar-refractivity contribution < 1.29 is 52.6 Å². The minimum atomic E-state index is -0.518. The van der Waals surface area contributed by atoms with E-state index in [2.05, 4.69) is 70.8 Å². The number of ether oxygens (including phenoxy) is 7. The molecule has 0 saturated carbocycles. The summed E-state index contributed by atoms with van der Waals surface area (Å²) in [5.41, 5.74) is 14.9. The molecular weight excluding hydrogens is 1760 g/mol. The second-order valence-electron chi connectivity index (χ2n) is 28.4. The first-order valence-electron chi connectivity index (χ1n) is 44.0. The van der Waals surface area contributed by atoms with Gasteiger partial charge in [0.15, 0.2) is 17.1 Å². The van der Waals surface area contributed by atoms with E-state index in [1.165, 1.54) is 37.2 Å². The normalized spacial score (nSPS) is 10.0. The molecule has 0 aliphatic heterocycles. The van der Waals surface area contributed by atoms with Gasteiger partial charge >= 0.3 is 17.9 Å². The third-order valence-corrected chi connectivity index (χ3v) is 18.9. The number of aliphatic hydroxyl groups excluding tert-OH is 1. The van der Waals surface area contributed by atoms with Crippen molar-refractivity contribution in [3.8, 4) is 23.0 Å². The molecule has 0 spiro atoms. The van der Waals surface area contributed by atoms with Crippen LogP contribution in [0.5, 0.6) is 23.0 Å². The molecule has 708 valence electrons. The number of rotatable bonds is 28. The third-order valence-electron chi connectivity index (χ3n) is 18.3. The molecule has 0 unspecified atom stereocenters. The number of hydrogen-bond acceptors (Lipinski definition) is 26. The van der Waals surface area contributed by atoms with Gasteiger partial charge in [0, 0.05) is 40.8 Å². The summed E-state index contributed by atoms with van der Waals surface area (Å²) in [6.45, 7) is 41.8. The van der Waals surface area contributed by atoms with Crippen LogP contribution in [0.1, 0.15) is 215 Å². The maximum absolute atomic E-state index is 12.9. The summed E-state index contributed by atoms with van der Waals surface area (Å²) in [5, 5.41) is 9.66. The van der Waals surface area contributed by atoms with E-state index >= 15 is 0 Å². The van der Waals surface area contributed by atoms with Crippen LogP contribution in [0.2, 0.25) is 0 Å². The van der Waals surface area contributed by atoms with Crippen molar-refractivity contribution >= 4 is 33.8 Å². The Morgan fingerprint density at radius 3 is 0.910 bits per heavy atom. The maximum Gasteiger partial charge on any atom is 0.358 e. The lowest BCUT2D eigenvalue weighted by Crippen LogP contribution is -2.26. The third kappa shape index (κ3) is 37.8. The molecule has 0 amide bonds. The zero-order valence-electron chi connectivity index (χ0n) is 80.6. The number of alkyl halides is 1. The van der Waals surface area contributed by atoms with Crippen LogP contribution in [0.25, 0.3) is 0 Å². The van der Waals surface area contributed by atoms with Gasteiger partial charge in [-0.2, -0.15) is 0 Å². The Bertz CT molecular complexity index is 5860. The molecule has 0 bridgehead atoms. The lowest BCUT2D eigenvalue weighted by molar-refractivity contribution is 0.0509. The molecule has 0 fully saturated rings. The number of halogens is 1. The number of esters is 3. The minimum absolute atomic E-state index is 0.0674. The van der Waals surface area contributed by atoms with E-state index in [4.69, 9.17) is 38.3 Å². The fraction of sp³-hybridized carbons (Fsp3) is 0.343. The van der Waals surface area contributed by atoms with Crippen LogP contribution < -0.4 is 41.2 Å². The molecule has 0 atom stereocenters. The van der Waals surface area contributed by atoms with Gasteiger partial charge in [-0.1, -0.05) is 193 Å². The molecule has 0 radical (unpaired) electrons. The number of aromatic nitrogens is 14. The first-order valence-corrected chi connectivity index (χ1v) is 45.1. The van der Waals surface area contributed by atoms with Crippen LogP contribution in [0.15, 0.2) is 227 Å². The quantitative estimate of drug-likeness (QED) is 0.0261. The largest absolute Gasteiger partial charge is 0.488 e. The Kier molecular flexibility index (Phi) is 51.6. The first kappa shape index (κ1) is 111. The first-order chi connectivity index (χ1) is 64.2. The Morgan fingerprint density at radius 2 is 0.639 bits per heavy atom. The Morgan fingerprint density at radius 1 is 0.361 bits per heavy atom. The molecule has 0 aliphatic rings. The number of carbonyl (C=O) groups is 3. The molecule has 31 heteroatoms. The van der Waals surface area contributed by atoms with Crippen molar-refractivity contribution in [3.05, 3.63) is 373 Å². The molecule has 4 aromatic carbocycles. The number of nitrogens with zero attached hydrogens (tertiary/aromatic N) is 14. The SMILES string of the molecule is CC.CC.CC.CC.CCOC(=O)c1cnc(C)cn1.CCOC(=O)c1cnc(CBr)cn1.CCOC(=O)c1cnc(Cn2c(C)cc(OCc3ccccc3)c(C)c2=O)cn1.Cc1c(OCc2ccccc2)cc(C)n(Cc2cnc(CN(C)C)cn2)c1=O.Cc1c(OCc2ccccc2)cc(C)n(Cc2cnc(CO)cn2)c1=O.Cc1cc(OCc2ccccc2)c(C)c(=O)[nH]1. The van der Waals surface area contributed by atoms with Crippen LogP contribution in [0, 0.1) is 62.3 Å². The molecule has 30 nitrogen and oxygen atoms in total. The number of H-pyrrole nitrogens is 1. The molecule has 13 rings (SSSR count). The average Bonchev–Trinajstić information content (AvgIpc) is 0.818. The summed E-state index contributed by atoms with van der Waals surface area (Å²) in [5.74, 6) is 1.05. The molecule has 13 aromatic rings. The maximum atomic E-state index is 12.9. The van der Waals surface area contributed by atoms with Gasteiger partial charge in [-0.25, -0.2) is 29.3 Å². The molecule has 9 aromatic heterocycles. The Hall–Kier alpha value is -13.9. The number of aliphatic hydroxyl groups is 1. The van der Waals surface area contributed by atoms with E-state index in [9.17, 15) is 33.6 Å². The van der Waals surface area contributed by atoms with Gasteiger partial charge in [0.05, 0.1) is 164 Å². The topological polar surface area (TPSA) is 367 Å². The fourth-order valence-electron chi connectivity index (χ4n) is 11.5. The average molecular weight is 1880 g/mol. The number of pyridine rings is 4. The number of hydrogen-bond donors (Lipinski definition) is 2. The van der Waals surface area contributed by atoms with Crippen molar-refractivity contribution in [3.63, 3.8) is 0 Å². The van der Waals surface area contributed by atoms with Gasteiger partial charge in [-0.05, 0) is 144 Å². The summed E-state index contributed by atoms with van der Waals surface area (Å²) in [6, 6.07) is 46.9. The summed E-state index contributed by atoms with van der Waals surface area (Å²) >= 11 is 3.23. The highest BCUT2D eigenvalue weighted by molar-refractivity contribution is 9.08. The fourth-order valence-corrected chi connectivity index (χ4v) is 11.8. The van der Waals surface area contributed by atoms with Gasteiger partial charge in [-0.15, -0.1) is 0 Å². The standard InChI is InChI=1S/C22H26N4O2.C22H23N3O4.C20H21N3O3.C14H15NO2.C8H9BrN2O2.C8H10N2O2.4C2H6/c1-16-10-21(28-15-18-8-6-5-7-9-18)17(2)22(27)26(16)14-20-12-23-19(11-24-20)13-25(3)4;1-4-28-22(27)19-12-23-18(11-24-19)13-25-15(2)10-20(16(3)21(25)26)29-14-17-8-6-5-7-9-17;1-14-8-19(26-13-16-6-4-3-5-7-16)15(2)20(25)23(14)11-17-9-22-18(12-24)10-21-17;1-10-8-13(11(2)14(16)15-10)17-9-12-6-4-3-5-7-12;1-2-13-8(12)7-5-10-6(3-9)4-11-7;1-3-12-8(11)7-5-9-6(2)4-10-7;4*1-2/h5-12H,13-15H2,1-4H3;5-12H,4,13-14H2,1-3H3;3-10,24H,11-13H2,1-2H3;3-8H,9H2,1-2H3,(H,15,16);4-5H,2-3H2,1H3;4-5H,3H2,1-2H3;4*1-2H3. The second kappa shape index (κ2) is 61.6. The van der Waals surface area contributed by atoms with Gasteiger partial charge in [0.25, 0.3) is 22.2 Å². The highest BCUT2D eigenvalue weighted by Crippen LogP contribution is 2.23. The molecular formula is C102H128BrN15O15. The van der Waals surface area contributed by atoms with Gasteiger partial charge < -0.3 is 61.8 Å². The molecule has 0 aliphatic carbocycles. The van der Waals surface area contributed by atoms with E-state index in [-0.39, 0.29) is 59.1 Å². The lowest BCUT2D eigenvalue weighted by Gasteiger charge is -2.15. The van der Waals surface area contributed by atoms with Crippen LogP contribution in [0.3, 0.4) is 0 Å². The van der Waals surface area contributed by atoms with Crippen molar-refractivity contribution in [2.45, 2.75) is 203 Å². The zero-order chi connectivity index (χ0) is 98.3. The van der Waals surface area contributed by atoms with Crippen LogP contribution in [0.4, 0.5) is 0 Å². The summed E-state index contributed by atoms with van der Waals surface area (Å²) in [6.07, 6.45) is 15.3. The van der Waals surface area contributed by atoms with Crippen LogP contribution in [-0.4, -0.2) is 130 Å². The summed E-state index contributed by atoms with van der Waals surface area (Å²) in [7, 11) is 3.98. The van der Waals surface area contributed by atoms with Crippen LogP contribution >= 0.6 is 15.9 Å². The molecule has 133 heavy (non-hydrogen) atoms. The monoisotopic (exact) mass is 1880 g/mol. The highest BCUT2D eigenvalue weighted by atomic mass is 79.9. The Balaban J connectivity index is 0.000000337. The second-order valence-corrected chi connectivity index (χ2v) is 28.9. The van der Waals surface area contributed by atoms with Crippen molar-refractivity contribution in [1.29, 1.82) is 0 Å². The summed E-state index contributed by atoms with van der Waals surface area (Å²) < 4.78 is 42.6. The highest BCUT2D eigenvalue weighted by Gasteiger charge is 2.19. The molecule has 2 N–H and O–H groups in total. The molecule has 9 heterocycles. The number of benzene rings is 4. The van der Waals surface area contributed by atoms with E-state index in [1.807, 2.05) is 255 Å². The van der Waals surface area contributed by atoms with Crippen LogP contribution in [-0.2, 0) is 78.8 Å². The number of aromatic amines is 1. The number of nitrogens with one attached hydrogen (secondary N) is 1. The summed E-state index contributed by atoms with van der Waals surface area (Å²) in [4.78, 5) is 130. The predicted octanol–water partition coefficient (Wildman–Crippen LogP) is 17.6. The van der Waals surface area contributed by atoms with E-state index in [1.54, 1.807) is 87.0 Å². The van der Waals surface area contributed by atoms with Gasteiger partial charge in [0.2, 0.25) is 0 Å². The van der Waals surface area contributed by atoms with Gasteiger partial charge in [0.1, 0.15) is 49.4 Å². The zero-order valence-corrected chi connectivity index (χ0v) is 82.2. The molecule has 0 saturated heterocycles. The smallest absolute Gasteiger partial charge is 0.358 e. The number of carbonyl (C=O) groups excluding carboxylic acids is 3. The van der Waals surface area contributed by atoms with Crippen molar-refractivity contribution in [2.24, 2.45) is 0 Å². The van der Waals surface area contributed by atoms with Gasteiger partial charge in [-0.3, -0.25) is 54.1 Å². The Labute approximate surface area is 788 Å². The minimum Gasteiger partial charge on any atom is -0.488 e. The van der Waals surface area contributed by atoms with Crippen molar-refractivity contribution in [1.82, 2.24) is 73.4 Å². The number of aryl methyl sites for hydroxylation is 5. The predicted molar refractivity (Wildman–Crippen MR) is 522 cm³/mol. The van der Waals surface area contributed by atoms with E-state index < -0.39 is 17.9 Å². The van der Waals surface area contributed by atoms with E-state index in [0.29, 0.717) is 120 Å². The van der Waals surface area contributed by atoms with E-state index in [0.717, 1.165) is 74.3 Å². The lowest BCUT2D eigenvalue weighted by atomic mass is 10.2.